The molecule has 18 heavy (non-hydrogen) atoms. The van der Waals surface area contributed by atoms with Crippen LogP contribution in [0.4, 0.5) is 11.4 Å². The van der Waals surface area contributed by atoms with E-state index in [1.807, 2.05) is 0 Å². The van der Waals surface area contributed by atoms with Gasteiger partial charge in [-0.05, 0) is 12.5 Å². The monoisotopic (exact) mass is 274 g/mol. The van der Waals surface area contributed by atoms with Crippen LogP contribution < -0.4 is 10.5 Å². The van der Waals surface area contributed by atoms with Crippen LogP contribution in [0.5, 0.6) is 5.75 Å². The van der Waals surface area contributed by atoms with Crippen LogP contribution in [0.25, 0.3) is 0 Å². The first-order chi connectivity index (χ1) is 8.15. The number of hydrogen-bond donors (Lipinski definition) is 1. The van der Waals surface area contributed by atoms with Crippen LogP contribution in [0.3, 0.4) is 0 Å². The summed E-state index contributed by atoms with van der Waals surface area (Å²) < 4.78 is 5.47. The normalized spacial score (nSPS) is 9.61. The van der Waals surface area contributed by atoms with Crippen molar-refractivity contribution in [1.82, 2.24) is 0 Å². The summed E-state index contributed by atoms with van der Waals surface area (Å²) in [6.07, 6.45) is 4.48. The molecule has 1 aromatic rings. The number of non-ortho nitro benzene ring substituents is 1. The fraction of sp³-hybridized carbons (Fsp3) is 0.500. The highest BCUT2D eigenvalue weighted by atomic mass is 35.5. The molecule has 1 aromatic carbocycles. The molecule has 0 saturated carbocycles. The van der Waals surface area contributed by atoms with E-state index in [4.69, 9.17) is 10.5 Å². The maximum atomic E-state index is 10.5. The van der Waals surface area contributed by atoms with Gasteiger partial charge in [0.15, 0.2) is 0 Å². The lowest BCUT2D eigenvalue weighted by Gasteiger charge is -2.08. The molecule has 5 nitrogen and oxygen atoms in total. The molecule has 0 heterocycles. The van der Waals surface area contributed by atoms with Gasteiger partial charge in [0, 0.05) is 12.1 Å². The molecule has 2 N–H and O–H groups in total. The van der Waals surface area contributed by atoms with Crippen LogP contribution in [-0.2, 0) is 0 Å². The van der Waals surface area contributed by atoms with Crippen molar-refractivity contribution in [2.24, 2.45) is 0 Å². The van der Waals surface area contributed by atoms with E-state index in [0.717, 1.165) is 12.8 Å². The lowest BCUT2D eigenvalue weighted by Crippen LogP contribution is -2.01. The zero-order chi connectivity index (χ0) is 12.7. The van der Waals surface area contributed by atoms with Gasteiger partial charge in [-0.15, -0.1) is 12.4 Å². The summed E-state index contributed by atoms with van der Waals surface area (Å²) in [7, 11) is 0. The number of rotatable bonds is 7. The Labute approximate surface area is 113 Å². The highest BCUT2D eigenvalue weighted by Crippen LogP contribution is 2.26. The van der Waals surface area contributed by atoms with Gasteiger partial charge in [-0.25, -0.2) is 0 Å². The second-order valence-corrected chi connectivity index (χ2v) is 3.89. The Hall–Kier alpha value is -1.49. The van der Waals surface area contributed by atoms with Gasteiger partial charge in [0.2, 0.25) is 0 Å². The smallest absolute Gasteiger partial charge is 0.271 e. The van der Waals surface area contributed by atoms with Gasteiger partial charge >= 0.3 is 0 Å². The highest BCUT2D eigenvalue weighted by Gasteiger charge is 2.09. The maximum Gasteiger partial charge on any atom is 0.271 e. The number of nitro benzene ring substituents is 1. The Morgan fingerprint density at radius 2 is 2.06 bits per heavy atom. The summed E-state index contributed by atoms with van der Waals surface area (Å²) >= 11 is 0. The summed E-state index contributed by atoms with van der Waals surface area (Å²) in [5.74, 6) is 0.520. The van der Waals surface area contributed by atoms with Gasteiger partial charge in [-0.3, -0.25) is 10.1 Å². The molecule has 0 aromatic heterocycles. The summed E-state index contributed by atoms with van der Waals surface area (Å²) in [6, 6.07) is 4.27. The Kier molecular flexibility index (Phi) is 7.87. The first kappa shape index (κ1) is 16.5. The van der Waals surface area contributed by atoms with Crippen molar-refractivity contribution in [3.05, 3.63) is 28.3 Å². The number of hydrogen-bond acceptors (Lipinski definition) is 4. The van der Waals surface area contributed by atoms with E-state index >= 15 is 0 Å². The fourth-order valence-electron chi connectivity index (χ4n) is 1.49. The number of nitrogens with two attached hydrogens (primary N) is 1. The summed E-state index contributed by atoms with van der Waals surface area (Å²) in [5.41, 5.74) is 5.97. The van der Waals surface area contributed by atoms with Gasteiger partial charge in [-0.2, -0.15) is 0 Å². The number of nitro groups is 1. The maximum absolute atomic E-state index is 10.5. The minimum absolute atomic E-state index is 0. The molecular formula is C12H19ClN2O3. The second-order valence-electron chi connectivity index (χ2n) is 3.89. The largest absolute Gasteiger partial charge is 0.491 e. The molecule has 1 rings (SSSR count). The molecule has 102 valence electrons. The topological polar surface area (TPSA) is 78.4 Å². The lowest BCUT2D eigenvalue weighted by molar-refractivity contribution is -0.384. The van der Waals surface area contributed by atoms with E-state index in [2.05, 4.69) is 6.92 Å². The van der Waals surface area contributed by atoms with E-state index in [1.165, 1.54) is 25.0 Å². The molecule has 0 saturated heterocycles. The average Bonchev–Trinajstić information content (AvgIpc) is 2.30. The van der Waals surface area contributed by atoms with Crippen LogP contribution in [0.1, 0.15) is 32.6 Å². The number of ether oxygens (including phenoxy) is 1. The summed E-state index contributed by atoms with van der Waals surface area (Å²) in [6.45, 7) is 2.75. The number of halogens is 1. The molecular weight excluding hydrogens is 256 g/mol. The van der Waals surface area contributed by atoms with Gasteiger partial charge in [0.25, 0.3) is 5.69 Å². The van der Waals surface area contributed by atoms with Crippen molar-refractivity contribution in [1.29, 1.82) is 0 Å². The van der Waals surface area contributed by atoms with Crippen molar-refractivity contribution >= 4 is 23.8 Å². The standard InChI is InChI=1S/C12H18N2O3.ClH/c1-2-3-4-5-8-17-12-7-6-10(14(15)16)9-11(12)13;/h6-7,9H,2-5,8,13H2,1H3;1H. The Morgan fingerprint density at radius 1 is 1.33 bits per heavy atom. The van der Waals surface area contributed by atoms with Crippen molar-refractivity contribution in [2.75, 3.05) is 12.3 Å². The number of unbranched alkanes of at least 4 members (excludes halogenated alkanes) is 3. The zero-order valence-corrected chi connectivity index (χ0v) is 11.2. The summed E-state index contributed by atoms with van der Waals surface area (Å²) in [4.78, 5) is 10.0. The van der Waals surface area contributed by atoms with Gasteiger partial charge in [0.05, 0.1) is 17.2 Å². The van der Waals surface area contributed by atoms with E-state index in [0.29, 0.717) is 18.0 Å². The molecule has 0 radical (unpaired) electrons. The third-order valence-electron chi connectivity index (χ3n) is 2.46. The first-order valence-electron chi connectivity index (χ1n) is 5.82. The predicted molar refractivity (Wildman–Crippen MR) is 74.4 cm³/mol. The third-order valence-corrected chi connectivity index (χ3v) is 2.46. The zero-order valence-electron chi connectivity index (χ0n) is 10.4. The molecule has 6 heteroatoms. The Bertz CT molecular complexity index is 386. The first-order valence-corrected chi connectivity index (χ1v) is 5.82. The molecule has 0 aliphatic carbocycles. The molecule has 0 unspecified atom stereocenters. The molecule has 0 bridgehead atoms. The van der Waals surface area contributed by atoms with Crippen molar-refractivity contribution < 1.29 is 9.66 Å². The Morgan fingerprint density at radius 3 is 2.61 bits per heavy atom. The van der Waals surface area contributed by atoms with E-state index in [1.54, 1.807) is 6.07 Å². The van der Waals surface area contributed by atoms with Crippen molar-refractivity contribution in [3.8, 4) is 5.75 Å². The highest BCUT2D eigenvalue weighted by molar-refractivity contribution is 5.85. The number of nitrogens with zero attached hydrogens (tertiary/aromatic N) is 1. The SMILES string of the molecule is CCCCCCOc1ccc([N+](=O)[O-])cc1N.Cl. The minimum atomic E-state index is -0.471. The van der Waals surface area contributed by atoms with Crippen LogP contribution >= 0.6 is 12.4 Å². The van der Waals surface area contributed by atoms with E-state index in [9.17, 15) is 10.1 Å². The molecule has 0 aliphatic rings. The fourth-order valence-corrected chi connectivity index (χ4v) is 1.49. The quantitative estimate of drug-likeness (QED) is 0.357. The van der Waals surface area contributed by atoms with Crippen molar-refractivity contribution in [3.63, 3.8) is 0 Å². The number of benzene rings is 1. The van der Waals surface area contributed by atoms with Gasteiger partial charge in [0.1, 0.15) is 5.75 Å². The van der Waals surface area contributed by atoms with Crippen LogP contribution in [0.15, 0.2) is 18.2 Å². The lowest BCUT2D eigenvalue weighted by atomic mass is 10.2. The van der Waals surface area contributed by atoms with Crippen LogP contribution in [-0.4, -0.2) is 11.5 Å². The van der Waals surface area contributed by atoms with Crippen LogP contribution in [0, 0.1) is 10.1 Å². The summed E-state index contributed by atoms with van der Waals surface area (Å²) in [5, 5.41) is 10.5. The number of anilines is 1. The average molecular weight is 275 g/mol. The number of nitrogen functional groups attached to an aromatic ring is 1. The Balaban J connectivity index is 0.00000289. The van der Waals surface area contributed by atoms with E-state index in [-0.39, 0.29) is 18.1 Å². The van der Waals surface area contributed by atoms with E-state index < -0.39 is 4.92 Å². The molecule has 0 aliphatic heterocycles. The molecule has 0 spiro atoms. The minimum Gasteiger partial charge on any atom is -0.491 e. The van der Waals surface area contributed by atoms with Gasteiger partial charge in [-0.1, -0.05) is 26.2 Å². The van der Waals surface area contributed by atoms with Gasteiger partial charge < -0.3 is 10.5 Å². The predicted octanol–water partition coefficient (Wildman–Crippen LogP) is 3.56. The van der Waals surface area contributed by atoms with Crippen molar-refractivity contribution in [2.45, 2.75) is 32.6 Å². The molecule has 0 atom stereocenters. The molecule has 0 fully saturated rings. The third kappa shape index (κ3) is 5.23. The molecule has 0 amide bonds. The second kappa shape index (κ2) is 8.58. The van der Waals surface area contributed by atoms with Crippen LogP contribution in [0.2, 0.25) is 0 Å².